The van der Waals surface area contributed by atoms with E-state index in [1.807, 2.05) is 23.8 Å². The minimum atomic E-state index is -0.0676. The van der Waals surface area contributed by atoms with Gasteiger partial charge in [0.25, 0.3) is 0 Å². The molecule has 0 bridgehead atoms. The third-order valence-corrected chi connectivity index (χ3v) is 2.63. The number of hydrogen-bond donors (Lipinski definition) is 1. The second-order valence-electron chi connectivity index (χ2n) is 3.99. The van der Waals surface area contributed by atoms with Crippen LogP contribution in [0.25, 0.3) is 10.9 Å². The Hall–Kier alpha value is -2.21. The van der Waals surface area contributed by atoms with Crippen LogP contribution in [0.2, 0.25) is 0 Å². The second-order valence-corrected chi connectivity index (χ2v) is 3.99. The molecule has 1 amide bonds. The third kappa shape index (κ3) is 2.48. The Morgan fingerprint density at radius 1 is 1.47 bits per heavy atom. The van der Waals surface area contributed by atoms with Gasteiger partial charge in [0, 0.05) is 11.7 Å². The van der Waals surface area contributed by atoms with E-state index in [-0.39, 0.29) is 12.5 Å². The number of amides is 1. The standard InChI is InChI=1S/C14H14N2O/c1-3-7-15-14(17)10-16-8-6-12-5-4-11(2)9-13(12)16/h1,4-6,8-9H,7,10H2,2H3,(H,15,17). The Labute approximate surface area is 100 Å². The largest absolute Gasteiger partial charge is 0.344 e. The molecular weight excluding hydrogens is 212 g/mol. The molecule has 0 radical (unpaired) electrons. The highest BCUT2D eigenvalue weighted by molar-refractivity contribution is 5.83. The van der Waals surface area contributed by atoms with E-state index in [0.29, 0.717) is 6.54 Å². The third-order valence-electron chi connectivity index (χ3n) is 2.63. The lowest BCUT2D eigenvalue weighted by Gasteiger charge is -2.05. The first-order chi connectivity index (χ1) is 8.20. The molecule has 0 unspecified atom stereocenters. The predicted octanol–water partition coefficient (Wildman–Crippen LogP) is 1.70. The first-order valence-corrected chi connectivity index (χ1v) is 5.46. The molecule has 0 atom stereocenters. The molecule has 0 aliphatic carbocycles. The molecule has 2 rings (SSSR count). The summed E-state index contributed by atoms with van der Waals surface area (Å²) in [7, 11) is 0. The van der Waals surface area contributed by atoms with Gasteiger partial charge in [-0.05, 0) is 30.0 Å². The summed E-state index contributed by atoms with van der Waals surface area (Å²) in [5, 5.41) is 3.79. The smallest absolute Gasteiger partial charge is 0.240 e. The Balaban J connectivity index is 2.22. The number of hydrogen-bond acceptors (Lipinski definition) is 1. The van der Waals surface area contributed by atoms with Crippen molar-refractivity contribution in [3.8, 4) is 12.3 Å². The van der Waals surface area contributed by atoms with Crippen LogP contribution in [-0.2, 0) is 11.3 Å². The molecule has 3 heteroatoms. The first-order valence-electron chi connectivity index (χ1n) is 5.46. The molecule has 0 saturated carbocycles. The summed E-state index contributed by atoms with van der Waals surface area (Å²) < 4.78 is 1.92. The molecule has 1 heterocycles. The SMILES string of the molecule is C#CCNC(=O)Cn1ccc2ccc(C)cc21. The van der Waals surface area contributed by atoms with E-state index in [2.05, 4.69) is 29.4 Å². The van der Waals surface area contributed by atoms with Crippen LogP contribution in [-0.4, -0.2) is 17.0 Å². The molecule has 0 aliphatic rings. The topological polar surface area (TPSA) is 34.0 Å². The molecule has 1 aromatic carbocycles. The summed E-state index contributed by atoms with van der Waals surface area (Å²) in [6.07, 6.45) is 7.01. The molecule has 17 heavy (non-hydrogen) atoms. The van der Waals surface area contributed by atoms with Crippen molar-refractivity contribution in [2.45, 2.75) is 13.5 Å². The summed E-state index contributed by atoms with van der Waals surface area (Å²) in [6, 6.07) is 8.19. The van der Waals surface area contributed by atoms with Crippen LogP contribution in [0, 0.1) is 19.3 Å². The van der Waals surface area contributed by atoms with Gasteiger partial charge in [-0.3, -0.25) is 4.79 Å². The molecule has 0 aliphatic heterocycles. The van der Waals surface area contributed by atoms with Crippen LogP contribution in [0.1, 0.15) is 5.56 Å². The van der Waals surface area contributed by atoms with Crippen LogP contribution in [0.4, 0.5) is 0 Å². The van der Waals surface area contributed by atoms with E-state index in [1.54, 1.807) is 0 Å². The van der Waals surface area contributed by atoms with E-state index in [1.165, 1.54) is 5.56 Å². The molecule has 86 valence electrons. The minimum absolute atomic E-state index is 0.0676. The van der Waals surface area contributed by atoms with Gasteiger partial charge in [-0.25, -0.2) is 0 Å². The number of fused-ring (bicyclic) bond motifs is 1. The molecule has 0 spiro atoms. The Morgan fingerprint density at radius 3 is 3.06 bits per heavy atom. The fraction of sp³-hybridized carbons (Fsp3) is 0.214. The number of benzene rings is 1. The number of carbonyl (C=O) groups is 1. The predicted molar refractivity (Wildman–Crippen MR) is 68.5 cm³/mol. The number of aromatic nitrogens is 1. The maximum Gasteiger partial charge on any atom is 0.240 e. The lowest BCUT2D eigenvalue weighted by molar-refractivity contribution is -0.121. The van der Waals surface area contributed by atoms with Gasteiger partial charge in [0.1, 0.15) is 6.54 Å². The zero-order valence-corrected chi connectivity index (χ0v) is 9.73. The number of nitrogens with zero attached hydrogens (tertiary/aromatic N) is 1. The molecule has 3 nitrogen and oxygen atoms in total. The molecule has 1 N–H and O–H groups in total. The normalized spacial score (nSPS) is 10.1. The summed E-state index contributed by atoms with van der Waals surface area (Å²) in [5.74, 6) is 2.32. The second kappa shape index (κ2) is 4.75. The van der Waals surface area contributed by atoms with Crippen molar-refractivity contribution in [3.63, 3.8) is 0 Å². The van der Waals surface area contributed by atoms with Crippen LogP contribution in [0.5, 0.6) is 0 Å². The van der Waals surface area contributed by atoms with Gasteiger partial charge in [0.15, 0.2) is 0 Å². The summed E-state index contributed by atoms with van der Waals surface area (Å²) in [5.41, 5.74) is 2.25. The monoisotopic (exact) mass is 226 g/mol. The summed E-state index contributed by atoms with van der Waals surface area (Å²) in [4.78, 5) is 11.6. The molecule has 2 aromatic rings. The van der Waals surface area contributed by atoms with Crippen LogP contribution >= 0.6 is 0 Å². The molecule has 0 saturated heterocycles. The highest BCUT2D eigenvalue weighted by Gasteiger charge is 2.05. The maximum atomic E-state index is 11.6. The number of carbonyl (C=O) groups excluding carboxylic acids is 1. The van der Waals surface area contributed by atoms with E-state index < -0.39 is 0 Å². The van der Waals surface area contributed by atoms with Crippen molar-refractivity contribution in [1.82, 2.24) is 9.88 Å². The number of terminal acetylenes is 1. The molecule has 0 fully saturated rings. The molecular formula is C14H14N2O. The van der Waals surface area contributed by atoms with E-state index in [9.17, 15) is 4.79 Å². The fourth-order valence-corrected chi connectivity index (χ4v) is 1.79. The summed E-state index contributed by atoms with van der Waals surface area (Å²) in [6.45, 7) is 2.61. The zero-order valence-electron chi connectivity index (χ0n) is 9.73. The number of rotatable bonds is 3. The highest BCUT2D eigenvalue weighted by Crippen LogP contribution is 2.17. The van der Waals surface area contributed by atoms with Crippen LogP contribution < -0.4 is 5.32 Å². The Morgan fingerprint density at radius 2 is 2.29 bits per heavy atom. The Bertz CT molecular complexity index is 590. The van der Waals surface area contributed by atoms with Gasteiger partial charge in [-0.1, -0.05) is 18.1 Å². The van der Waals surface area contributed by atoms with Crippen molar-refractivity contribution in [1.29, 1.82) is 0 Å². The first kappa shape index (κ1) is 11.3. The average molecular weight is 226 g/mol. The maximum absolute atomic E-state index is 11.6. The van der Waals surface area contributed by atoms with Crippen LogP contribution in [0.3, 0.4) is 0 Å². The Kier molecular flexibility index (Phi) is 3.15. The van der Waals surface area contributed by atoms with Crippen molar-refractivity contribution >= 4 is 16.8 Å². The quantitative estimate of drug-likeness (QED) is 0.794. The van der Waals surface area contributed by atoms with Crippen molar-refractivity contribution < 1.29 is 4.79 Å². The lowest BCUT2D eigenvalue weighted by Crippen LogP contribution is -2.27. The van der Waals surface area contributed by atoms with Crippen molar-refractivity contribution in [2.75, 3.05) is 6.54 Å². The highest BCUT2D eigenvalue weighted by atomic mass is 16.1. The lowest BCUT2D eigenvalue weighted by atomic mass is 10.2. The zero-order chi connectivity index (χ0) is 12.3. The van der Waals surface area contributed by atoms with Gasteiger partial charge >= 0.3 is 0 Å². The van der Waals surface area contributed by atoms with Crippen LogP contribution in [0.15, 0.2) is 30.5 Å². The fourth-order valence-electron chi connectivity index (χ4n) is 1.79. The van der Waals surface area contributed by atoms with Crippen molar-refractivity contribution in [2.24, 2.45) is 0 Å². The average Bonchev–Trinajstić information content (AvgIpc) is 2.69. The number of nitrogens with one attached hydrogen (secondary N) is 1. The van der Waals surface area contributed by atoms with Gasteiger partial charge in [0.2, 0.25) is 5.91 Å². The molecule has 1 aromatic heterocycles. The van der Waals surface area contributed by atoms with Crippen molar-refractivity contribution in [3.05, 3.63) is 36.0 Å². The van der Waals surface area contributed by atoms with Gasteiger partial charge in [-0.15, -0.1) is 6.42 Å². The summed E-state index contributed by atoms with van der Waals surface area (Å²) >= 11 is 0. The minimum Gasteiger partial charge on any atom is -0.344 e. The van der Waals surface area contributed by atoms with E-state index in [0.717, 1.165) is 10.9 Å². The number of aryl methyl sites for hydroxylation is 1. The van der Waals surface area contributed by atoms with Gasteiger partial charge < -0.3 is 9.88 Å². The van der Waals surface area contributed by atoms with E-state index in [4.69, 9.17) is 6.42 Å². The van der Waals surface area contributed by atoms with E-state index >= 15 is 0 Å². The van der Waals surface area contributed by atoms with Gasteiger partial charge in [-0.2, -0.15) is 0 Å². The van der Waals surface area contributed by atoms with Gasteiger partial charge in [0.05, 0.1) is 6.54 Å².